The Hall–Kier alpha value is -2.28. The van der Waals surface area contributed by atoms with Crippen LogP contribution >= 0.6 is 12.2 Å². The zero-order valence-corrected chi connectivity index (χ0v) is 10.4. The van der Waals surface area contributed by atoms with Gasteiger partial charge in [0.25, 0.3) is 5.91 Å². The van der Waals surface area contributed by atoms with Crippen LogP contribution in [0, 0.1) is 0 Å². The first-order chi connectivity index (χ1) is 8.63. The molecule has 2 rings (SSSR count). The number of aromatic nitrogens is 3. The standard InChI is InChI=1S/C11H11N5OS/c1-13-11(17)7-4-5-9(15-14-7)16-6-2-3-8(16)10(12)18/h2-6H,1H3,(H2,12,18)(H,13,17). The molecule has 2 heterocycles. The number of hydrogen-bond acceptors (Lipinski definition) is 4. The Kier molecular flexibility index (Phi) is 3.33. The average molecular weight is 261 g/mol. The van der Waals surface area contributed by atoms with E-state index in [1.165, 1.54) is 7.05 Å². The van der Waals surface area contributed by atoms with E-state index in [1.54, 1.807) is 29.0 Å². The van der Waals surface area contributed by atoms with E-state index in [1.807, 2.05) is 6.07 Å². The fourth-order valence-corrected chi connectivity index (χ4v) is 1.65. The van der Waals surface area contributed by atoms with E-state index >= 15 is 0 Å². The number of carbonyl (C=O) groups is 1. The van der Waals surface area contributed by atoms with Crippen molar-refractivity contribution in [2.24, 2.45) is 5.73 Å². The Labute approximate surface area is 109 Å². The number of carbonyl (C=O) groups excluding carboxylic acids is 1. The smallest absolute Gasteiger partial charge is 0.271 e. The normalized spacial score (nSPS) is 10.1. The summed E-state index contributed by atoms with van der Waals surface area (Å²) in [6.07, 6.45) is 1.78. The number of nitrogens with one attached hydrogen (secondary N) is 1. The molecule has 2 aromatic heterocycles. The lowest BCUT2D eigenvalue weighted by Gasteiger charge is -2.06. The second-order valence-electron chi connectivity index (χ2n) is 3.48. The van der Waals surface area contributed by atoms with E-state index in [-0.39, 0.29) is 16.6 Å². The molecule has 0 saturated heterocycles. The molecule has 3 N–H and O–H groups in total. The lowest BCUT2D eigenvalue weighted by molar-refractivity contribution is 0.0957. The van der Waals surface area contributed by atoms with Gasteiger partial charge >= 0.3 is 0 Å². The van der Waals surface area contributed by atoms with Gasteiger partial charge in [-0.2, -0.15) is 0 Å². The number of amides is 1. The third-order valence-corrected chi connectivity index (χ3v) is 2.57. The van der Waals surface area contributed by atoms with Crippen molar-refractivity contribution in [3.05, 3.63) is 41.9 Å². The minimum Gasteiger partial charge on any atom is -0.388 e. The monoisotopic (exact) mass is 261 g/mol. The maximum Gasteiger partial charge on any atom is 0.271 e. The first kappa shape index (κ1) is 12.2. The molecule has 0 unspecified atom stereocenters. The van der Waals surface area contributed by atoms with Crippen molar-refractivity contribution in [2.45, 2.75) is 0 Å². The van der Waals surface area contributed by atoms with Gasteiger partial charge in [-0.1, -0.05) is 12.2 Å². The summed E-state index contributed by atoms with van der Waals surface area (Å²) in [6.45, 7) is 0. The zero-order chi connectivity index (χ0) is 13.1. The molecule has 0 aliphatic rings. The van der Waals surface area contributed by atoms with Crippen LogP contribution in [-0.2, 0) is 0 Å². The van der Waals surface area contributed by atoms with E-state index in [9.17, 15) is 4.79 Å². The highest BCUT2D eigenvalue weighted by atomic mass is 32.1. The molecule has 0 radical (unpaired) electrons. The molecule has 0 bridgehead atoms. The summed E-state index contributed by atoms with van der Waals surface area (Å²) >= 11 is 4.93. The first-order valence-electron chi connectivity index (χ1n) is 5.17. The Bertz CT molecular complexity index is 590. The minimum absolute atomic E-state index is 0.255. The highest BCUT2D eigenvalue weighted by Crippen LogP contribution is 2.09. The molecule has 7 heteroatoms. The summed E-state index contributed by atoms with van der Waals surface area (Å²) in [4.78, 5) is 11.6. The Morgan fingerprint density at radius 2 is 2.17 bits per heavy atom. The van der Waals surface area contributed by atoms with Crippen LogP contribution in [0.5, 0.6) is 0 Å². The Morgan fingerprint density at radius 1 is 1.39 bits per heavy atom. The molecular formula is C11H11N5OS. The number of nitrogens with zero attached hydrogens (tertiary/aromatic N) is 3. The molecule has 0 spiro atoms. The van der Waals surface area contributed by atoms with Gasteiger partial charge in [-0.15, -0.1) is 10.2 Å². The van der Waals surface area contributed by atoms with Gasteiger partial charge in [-0.05, 0) is 24.3 Å². The van der Waals surface area contributed by atoms with E-state index < -0.39 is 0 Å². The maximum atomic E-state index is 11.3. The van der Waals surface area contributed by atoms with Gasteiger partial charge in [0.1, 0.15) is 4.99 Å². The van der Waals surface area contributed by atoms with E-state index in [2.05, 4.69) is 15.5 Å². The quantitative estimate of drug-likeness (QED) is 0.774. The van der Waals surface area contributed by atoms with Crippen LogP contribution in [0.1, 0.15) is 16.2 Å². The largest absolute Gasteiger partial charge is 0.388 e. The van der Waals surface area contributed by atoms with Crippen molar-refractivity contribution >= 4 is 23.1 Å². The van der Waals surface area contributed by atoms with Crippen LogP contribution in [0.4, 0.5) is 0 Å². The molecule has 0 saturated carbocycles. The average Bonchev–Trinajstić information content (AvgIpc) is 2.87. The lowest BCUT2D eigenvalue weighted by Crippen LogP contribution is -2.20. The number of rotatable bonds is 3. The lowest BCUT2D eigenvalue weighted by atomic mass is 10.3. The first-order valence-corrected chi connectivity index (χ1v) is 5.57. The fourth-order valence-electron chi connectivity index (χ4n) is 1.48. The molecule has 2 aromatic rings. The van der Waals surface area contributed by atoms with Gasteiger partial charge in [0.05, 0.1) is 5.69 Å². The van der Waals surface area contributed by atoms with Crippen LogP contribution in [0.2, 0.25) is 0 Å². The Morgan fingerprint density at radius 3 is 2.72 bits per heavy atom. The summed E-state index contributed by atoms with van der Waals surface area (Å²) in [5.74, 6) is 0.270. The predicted octanol–water partition coefficient (Wildman–Crippen LogP) is 0.261. The van der Waals surface area contributed by atoms with Crippen LogP contribution in [0.15, 0.2) is 30.5 Å². The van der Waals surface area contributed by atoms with Crippen molar-refractivity contribution < 1.29 is 4.79 Å². The highest BCUT2D eigenvalue weighted by molar-refractivity contribution is 7.80. The molecular weight excluding hydrogens is 250 g/mol. The summed E-state index contributed by atoms with van der Waals surface area (Å²) in [7, 11) is 1.54. The number of hydrogen-bond donors (Lipinski definition) is 2. The molecule has 6 nitrogen and oxygen atoms in total. The molecule has 0 aliphatic carbocycles. The van der Waals surface area contributed by atoms with Crippen LogP contribution < -0.4 is 11.1 Å². The highest BCUT2D eigenvalue weighted by Gasteiger charge is 2.09. The van der Waals surface area contributed by atoms with Gasteiger partial charge in [-0.3, -0.25) is 9.36 Å². The molecule has 0 fully saturated rings. The van der Waals surface area contributed by atoms with Gasteiger partial charge in [0.15, 0.2) is 11.5 Å². The number of nitrogens with two attached hydrogens (primary N) is 1. The maximum absolute atomic E-state index is 11.3. The minimum atomic E-state index is -0.281. The number of thiocarbonyl (C=S) groups is 1. The topological polar surface area (TPSA) is 85.8 Å². The summed E-state index contributed by atoms with van der Waals surface area (Å²) < 4.78 is 1.71. The van der Waals surface area contributed by atoms with Gasteiger partial charge < -0.3 is 11.1 Å². The van der Waals surface area contributed by atoms with E-state index in [4.69, 9.17) is 18.0 Å². The van der Waals surface area contributed by atoms with Gasteiger partial charge in [-0.25, -0.2) is 0 Å². The van der Waals surface area contributed by atoms with Crippen molar-refractivity contribution in [1.82, 2.24) is 20.1 Å². The molecule has 1 amide bonds. The van der Waals surface area contributed by atoms with E-state index in [0.29, 0.717) is 11.5 Å². The second kappa shape index (κ2) is 4.92. The molecule has 92 valence electrons. The molecule has 0 aromatic carbocycles. The third-order valence-electron chi connectivity index (χ3n) is 2.36. The molecule has 0 atom stereocenters. The molecule has 0 aliphatic heterocycles. The summed E-state index contributed by atoms with van der Waals surface area (Å²) in [5.41, 5.74) is 6.52. The van der Waals surface area contributed by atoms with Gasteiger partial charge in [0.2, 0.25) is 0 Å². The SMILES string of the molecule is CNC(=O)c1ccc(-n2cccc2C(N)=S)nn1. The third kappa shape index (κ3) is 2.21. The second-order valence-corrected chi connectivity index (χ2v) is 3.92. The fraction of sp³-hybridized carbons (Fsp3) is 0.0909. The van der Waals surface area contributed by atoms with Crippen molar-refractivity contribution in [3.63, 3.8) is 0 Å². The molecule has 18 heavy (non-hydrogen) atoms. The van der Waals surface area contributed by atoms with Crippen molar-refractivity contribution in [3.8, 4) is 5.82 Å². The summed E-state index contributed by atoms with van der Waals surface area (Å²) in [6, 6.07) is 6.86. The van der Waals surface area contributed by atoms with Crippen LogP contribution in [-0.4, -0.2) is 32.7 Å². The Balaban J connectivity index is 2.37. The van der Waals surface area contributed by atoms with Crippen LogP contribution in [0.25, 0.3) is 5.82 Å². The van der Waals surface area contributed by atoms with Crippen LogP contribution in [0.3, 0.4) is 0 Å². The predicted molar refractivity (Wildman–Crippen MR) is 70.6 cm³/mol. The van der Waals surface area contributed by atoms with E-state index in [0.717, 1.165) is 0 Å². The van der Waals surface area contributed by atoms with Crippen molar-refractivity contribution in [1.29, 1.82) is 0 Å². The van der Waals surface area contributed by atoms with Crippen molar-refractivity contribution in [2.75, 3.05) is 7.05 Å². The van der Waals surface area contributed by atoms with Gasteiger partial charge in [0, 0.05) is 13.2 Å². The summed E-state index contributed by atoms with van der Waals surface area (Å²) in [5, 5.41) is 10.3. The zero-order valence-electron chi connectivity index (χ0n) is 9.62.